The van der Waals surface area contributed by atoms with Gasteiger partial charge in [-0.25, -0.2) is 4.39 Å². The van der Waals surface area contributed by atoms with Crippen LogP contribution in [0.15, 0.2) is 12.1 Å². The fraction of sp³-hybridized carbons (Fsp3) is 0.250. The van der Waals surface area contributed by atoms with Crippen LogP contribution < -0.4 is 0 Å². The molecule has 1 aromatic carbocycles. The molecular weight excluding hydrogens is 292 g/mol. The van der Waals surface area contributed by atoms with Gasteiger partial charge in [0, 0.05) is 11.4 Å². The van der Waals surface area contributed by atoms with E-state index in [-0.39, 0.29) is 16.5 Å². The molecule has 0 aliphatic carbocycles. The highest BCUT2D eigenvalue weighted by atomic mass is 35.6. The smallest absolute Gasteiger partial charge is 0.194 e. The fourth-order valence-electron chi connectivity index (χ4n) is 0.915. The predicted molar refractivity (Wildman–Crippen MR) is 60.4 cm³/mol. The molecular formula is C8H4Cl5F. The average Bonchev–Trinajstić information content (AvgIpc) is 1.97. The summed E-state index contributed by atoms with van der Waals surface area (Å²) >= 11 is 27.9. The second-order valence-corrected chi connectivity index (χ2v) is 5.98. The monoisotopic (exact) mass is 294 g/mol. The first-order valence-electron chi connectivity index (χ1n) is 3.50. The zero-order valence-electron chi connectivity index (χ0n) is 6.63. The second-order valence-electron chi connectivity index (χ2n) is 2.65. The Labute approximate surface area is 106 Å². The van der Waals surface area contributed by atoms with Crippen LogP contribution in [0.25, 0.3) is 0 Å². The van der Waals surface area contributed by atoms with Crippen molar-refractivity contribution in [2.24, 2.45) is 0 Å². The lowest BCUT2D eigenvalue weighted by Gasteiger charge is -2.12. The van der Waals surface area contributed by atoms with E-state index in [2.05, 4.69) is 0 Å². The zero-order chi connectivity index (χ0) is 10.9. The fourth-order valence-corrected chi connectivity index (χ4v) is 1.80. The van der Waals surface area contributed by atoms with Crippen LogP contribution in [-0.2, 0) is 6.42 Å². The number of benzene rings is 1. The van der Waals surface area contributed by atoms with Gasteiger partial charge in [-0.15, -0.1) is 0 Å². The molecule has 14 heavy (non-hydrogen) atoms. The number of rotatable bonds is 1. The van der Waals surface area contributed by atoms with Crippen molar-refractivity contribution in [1.82, 2.24) is 0 Å². The maximum absolute atomic E-state index is 13.0. The summed E-state index contributed by atoms with van der Waals surface area (Å²) < 4.78 is 11.5. The zero-order valence-corrected chi connectivity index (χ0v) is 10.4. The molecule has 0 amide bonds. The number of hydrogen-bond donors (Lipinski definition) is 0. The third kappa shape index (κ3) is 3.63. The molecule has 0 unspecified atom stereocenters. The van der Waals surface area contributed by atoms with Crippen molar-refractivity contribution in [3.05, 3.63) is 33.6 Å². The van der Waals surface area contributed by atoms with Gasteiger partial charge in [-0.3, -0.25) is 0 Å². The largest absolute Gasteiger partial charge is 0.205 e. The van der Waals surface area contributed by atoms with Crippen LogP contribution in [0, 0.1) is 5.82 Å². The summed E-state index contributed by atoms with van der Waals surface area (Å²) in [6, 6.07) is 2.44. The number of hydrogen-bond acceptors (Lipinski definition) is 0. The summed E-state index contributed by atoms with van der Waals surface area (Å²) in [5, 5.41) is 0.228. The van der Waals surface area contributed by atoms with E-state index in [4.69, 9.17) is 58.0 Å². The van der Waals surface area contributed by atoms with E-state index >= 15 is 0 Å². The minimum Gasteiger partial charge on any atom is -0.205 e. The first-order chi connectivity index (χ1) is 6.29. The summed E-state index contributed by atoms with van der Waals surface area (Å²) in [4.78, 5) is 0. The van der Waals surface area contributed by atoms with Crippen molar-refractivity contribution in [1.29, 1.82) is 0 Å². The molecule has 0 atom stereocenters. The molecule has 78 valence electrons. The molecule has 1 rings (SSSR count). The average molecular weight is 296 g/mol. The SMILES string of the molecule is Fc1cc(CC(Cl)(Cl)Cl)c(Cl)cc1Cl. The van der Waals surface area contributed by atoms with Gasteiger partial charge in [-0.05, 0) is 17.7 Å². The Morgan fingerprint density at radius 3 is 2.14 bits per heavy atom. The molecule has 0 spiro atoms. The molecule has 0 N–H and O–H groups in total. The molecule has 0 saturated carbocycles. The van der Waals surface area contributed by atoms with Gasteiger partial charge in [0.2, 0.25) is 0 Å². The van der Waals surface area contributed by atoms with Crippen LogP contribution in [0.2, 0.25) is 10.0 Å². The van der Waals surface area contributed by atoms with Gasteiger partial charge in [0.05, 0.1) is 5.02 Å². The summed E-state index contributed by atoms with van der Waals surface area (Å²) in [7, 11) is 0. The van der Waals surface area contributed by atoms with Gasteiger partial charge in [0.15, 0.2) is 3.79 Å². The summed E-state index contributed by atoms with van der Waals surface area (Å²) in [5.74, 6) is -0.583. The van der Waals surface area contributed by atoms with Gasteiger partial charge in [0.25, 0.3) is 0 Å². The molecule has 0 nitrogen and oxygen atoms in total. The molecule has 6 heteroatoms. The highest BCUT2D eigenvalue weighted by molar-refractivity contribution is 6.67. The molecule has 0 aromatic heterocycles. The Morgan fingerprint density at radius 2 is 1.64 bits per heavy atom. The second kappa shape index (κ2) is 4.63. The Bertz CT molecular complexity index is 344. The molecule has 0 bridgehead atoms. The Morgan fingerprint density at radius 1 is 1.07 bits per heavy atom. The van der Waals surface area contributed by atoms with Gasteiger partial charge in [-0.2, -0.15) is 0 Å². The van der Waals surface area contributed by atoms with Crippen molar-refractivity contribution in [3.8, 4) is 0 Å². The first-order valence-corrected chi connectivity index (χ1v) is 5.39. The summed E-state index contributed by atoms with van der Waals surface area (Å²) in [5.41, 5.74) is 0.411. The van der Waals surface area contributed by atoms with Gasteiger partial charge < -0.3 is 0 Å². The van der Waals surface area contributed by atoms with Crippen molar-refractivity contribution in [3.63, 3.8) is 0 Å². The lowest BCUT2D eigenvalue weighted by Crippen LogP contribution is -2.07. The van der Waals surface area contributed by atoms with E-state index in [1.165, 1.54) is 6.07 Å². The third-order valence-electron chi connectivity index (χ3n) is 1.48. The Hall–Kier alpha value is 0.600. The molecule has 1 aromatic rings. The minimum absolute atomic E-state index is 0.0323. The Kier molecular flexibility index (Phi) is 4.19. The predicted octanol–water partition coefficient (Wildman–Crippen LogP) is 5.05. The van der Waals surface area contributed by atoms with E-state index in [0.717, 1.165) is 6.07 Å². The van der Waals surface area contributed by atoms with Crippen LogP contribution >= 0.6 is 58.0 Å². The molecule has 0 aliphatic rings. The number of alkyl halides is 3. The van der Waals surface area contributed by atoms with E-state index in [9.17, 15) is 4.39 Å². The Balaban J connectivity index is 3.04. The van der Waals surface area contributed by atoms with Crippen molar-refractivity contribution < 1.29 is 4.39 Å². The van der Waals surface area contributed by atoms with Crippen molar-refractivity contribution in [2.45, 2.75) is 10.2 Å². The lowest BCUT2D eigenvalue weighted by molar-refractivity contribution is 0.626. The highest BCUT2D eigenvalue weighted by Crippen LogP contribution is 2.34. The maximum Gasteiger partial charge on any atom is 0.194 e. The standard InChI is InChI=1S/C8H4Cl5F/c9-5-2-6(10)7(14)1-4(5)3-8(11,12)13/h1-2H,3H2. The normalized spacial score (nSPS) is 11.9. The highest BCUT2D eigenvalue weighted by Gasteiger charge is 2.22. The third-order valence-corrected chi connectivity index (χ3v) is 2.52. The van der Waals surface area contributed by atoms with Gasteiger partial charge >= 0.3 is 0 Å². The van der Waals surface area contributed by atoms with Crippen LogP contribution in [0.4, 0.5) is 4.39 Å². The van der Waals surface area contributed by atoms with Gasteiger partial charge in [0.1, 0.15) is 5.82 Å². The van der Waals surface area contributed by atoms with E-state index in [1.807, 2.05) is 0 Å². The first kappa shape index (κ1) is 12.7. The quantitative estimate of drug-likeness (QED) is 0.503. The molecule has 0 saturated heterocycles. The maximum atomic E-state index is 13.0. The summed E-state index contributed by atoms with van der Waals surface area (Å²) in [6.07, 6.45) is 0.0323. The summed E-state index contributed by atoms with van der Waals surface area (Å²) in [6.45, 7) is 0. The van der Waals surface area contributed by atoms with Gasteiger partial charge in [-0.1, -0.05) is 58.0 Å². The molecule has 0 aliphatic heterocycles. The molecule has 0 heterocycles. The molecule has 0 radical (unpaired) electrons. The van der Waals surface area contributed by atoms with Crippen LogP contribution in [0.1, 0.15) is 5.56 Å². The minimum atomic E-state index is -1.50. The topological polar surface area (TPSA) is 0 Å². The lowest BCUT2D eigenvalue weighted by atomic mass is 10.1. The van der Waals surface area contributed by atoms with Crippen LogP contribution in [0.3, 0.4) is 0 Å². The van der Waals surface area contributed by atoms with Crippen LogP contribution in [0.5, 0.6) is 0 Å². The number of halogens is 6. The van der Waals surface area contributed by atoms with E-state index < -0.39 is 9.61 Å². The van der Waals surface area contributed by atoms with Crippen molar-refractivity contribution in [2.75, 3.05) is 0 Å². The van der Waals surface area contributed by atoms with E-state index in [0.29, 0.717) is 5.56 Å². The van der Waals surface area contributed by atoms with Crippen molar-refractivity contribution >= 4 is 58.0 Å². The molecule has 0 fully saturated rings. The van der Waals surface area contributed by atoms with E-state index in [1.54, 1.807) is 0 Å². The van der Waals surface area contributed by atoms with Crippen LogP contribution in [-0.4, -0.2) is 3.79 Å².